The van der Waals surface area contributed by atoms with E-state index >= 15 is 0 Å². The van der Waals surface area contributed by atoms with Gasteiger partial charge in [-0.2, -0.15) is 0 Å². The van der Waals surface area contributed by atoms with Gasteiger partial charge in [-0.15, -0.1) is 11.8 Å². The van der Waals surface area contributed by atoms with Gasteiger partial charge < -0.3 is 9.15 Å². The third kappa shape index (κ3) is 2.94. The summed E-state index contributed by atoms with van der Waals surface area (Å²) in [5, 5.41) is 0.698. The van der Waals surface area contributed by atoms with Crippen molar-refractivity contribution in [2.45, 2.75) is 5.75 Å². The van der Waals surface area contributed by atoms with Gasteiger partial charge in [0.1, 0.15) is 11.3 Å². The van der Waals surface area contributed by atoms with Crippen LogP contribution < -0.4 is 11.3 Å². The summed E-state index contributed by atoms with van der Waals surface area (Å²) >= 11 is 1.31. The fourth-order valence-electron chi connectivity index (χ4n) is 1.80. The summed E-state index contributed by atoms with van der Waals surface area (Å²) in [7, 11) is 1.33. The van der Waals surface area contributed by atoms with E-state index in [-0.39, 0.29) is 11.7 Å². The van der Waals surface area contributed by atoms with E-state index in [9.17, 15) is 9.59 Å². The Morgan fingerprint density at radius 3 is 2.85 bits per heavy atom. The van der Waals surface area contributed by atoms with Crippen molar-refractivity contribution in [3.8, 4) is 0 Å². The number of amides is 1. The number of para-hydroxylation sites is 1. The number of thioether (sulfide) groups is 1. The molecule has 1 amide bonds. The molecule has 1 aromatic heterocycles. The Morgan fingerprint density at radius 2 is 2.15 bits per heavy atom. The zero-order chi connectivity index (χ0) is 14.5. The fraction of sp³-hybridized carbons (Fsp3) is 0.231. The van der Waals surface area contributed by atoms with Gasteiger partial charge in [0.05, 0.1) is 24.2 Å². The van der Waals surface area contributed by atoms with Crippen molar-refractivity contribution in [1.82, 2.24) is 5.43 Å². The average molecular weight is 294 g/mol. The number of carbonyl (C=O) groups excluding carboxylic acids is 2. The minimum Gasteiger partial charge on any atom is -0.468 e. The average Bonchev–Trinajstić information content (AvgIpc) is 2.84. The fourth-order valence-corrected chi connectivity index (χ4v) is 2.58. The first-order valence-corrected chi connectivity index (χ1v) is 6.98. The van der Waals surface area contributed by atoms with Crippen LogP contribution in [0.1, 0.15) is 16.1 Å². The van der Waals surface area contributed by atoms with E-state index in [2.05, 4.69) is 10.2 Å². The van der Waals surface area contributed by atoms with E-state index in [1.807, 2.05) is 12.1 Å². The molecule has 0 unspecified atom stereocenters. The van der Waals surface area contributed by atoms with E-state index in [4.69, 9.17) is 10.3 Å². The first-order valence-electron chi connectivity index (χ1n) is 5.83. The van der Waals surface area contributed by atoms with Crippen molar-refractivity contribution in [2.24, 2.45) is 5.84 Å². The van der Waals surface area contributed by atoms with Gasteiger partial charge in [-0.1, -0.05) is 18.2 Å². The Morgan fingerprint density at radius 1 is 1.40 bits per heavy atom. The second kappa shape index (κ2) is 6.44. The number of fused-ring (bicyclic) bond motifs is 1. The molecule has 0 fully saturated rings. The molecule has 0 saturated heterocycles. The molecule has 3 N–H and O–H groups in total. The highest BCUT2D eigenvalue weighted by molar-refractivity contribution is 7.99. The number of benzene rings is 1. The Bertz CT molecular complexity index is 638. The van der Waals surface area contributed by atoms with Crippen LogP contribution in [-0.4, -0.2) is 24.7 Å². The molecule has 0 aliphatic heterocycles. The van der Waals surface area contributed by atoms with Crippen molar-refractivity contribution in [3.63, 3.8) is 0 Å². The Kier molecular flexibility index (Phi) is 4.65. The molecule has 0 bridgehead atoms. The normalized spacial score (nSPS) is 10.5. The second-order valence-electron chi connectivity index (χ2n) is 3.94. The molecule has 0 aliphatic carbocycles. The number of nitrogen functional groups attached to an aromatic ring is 1. The standard InChI is InChI=1S/C13H14N2O4S/c1-18-11(16)7-20-6-10-12(13(17)15-14)8-4-2-3-5-9(8)19-10/h2-5H,6-7,14H2,1H3,(H,15,17). The predicted octanol–water partition coefficient (Wildman–Crippen LogP) is 1.44. The predicted molar refractivity (Wildman–Crippen MR) is 76.0 cm³/mol. The molecule has 0 radical (unpaired) electrons. The van der Waals surface area contributed by atoms with E-state index < -0.39 is 5.91 Å². The molecule has 2 rings (SSSR count). The van der Waals surface area contributed by atoms with Crippen molar-refractivity contribution >= 4 is 34.6 Å². The summed E-state index contributed by atoms with van der Waals surface area (Å²) in [5.74, 6) is 5.53. The molecule has 1 aromatic carbocycles. The number of esters is 1. The quantitative estimate of drug-likeness (QED) is 0.375. The molecule has 1 heterocycles. The van der Waals surface area contributed by atoms with Gasteiger partial charge in [0.2, 0.25) is 0 Å². The monoisotopic (exact) mass is 294 g/mol. The smallest absolute Gasteiger partial charge is 0.315 e. The highest BCUT2D eigenvalue weighted by atomic mass is 32.2. The Hall–Kier alpha value is -1.99. The van der Waals surface area contributed by atoms with Crippen LogP contribution in [0.15, 0.2) is 28.7 Å². The second-order valence-corrected chi connectivity index (χ2v) is 4.92. The number of furan rings is 1. The van der Waals surface area contributed by atoms with Crippen molar-refractivity contribution < 1.29 is 18.7 Å². The van der Waals surface area contributed by atoms with Gasteiger partial charge >= 0.3 is 5.97 Å². The first kappa shape index (κ1) is 14.4. The lowest BCUT2D eigenvalue weighted by Gasteiger charge is -2.01. The molecule has 106 valence electrons. The van der Waals surface area contributed by atoms with Gasteiger partial charge in [0, 0.05) is 5.39 Å². The number of nitrogens with two attached hydrogens (primary N) is 1. The summed E-state index contributed by atoms with van der Waals surface area (Å²) in [6.45, 7) is 0. The third-order valence-electron chi connectivity index (χ3n) is 2.71. The van der Waals surface area contributed by atoms with E-state index in [1.54, 1.807) is 12.1 Å². The van der Waals surface area contributed by atoms with Gasteiger partial charge in [0.25, 0.3) is 5.91 Å². The minimum atomic E-state index is -0.413. The van der Waals surface area contributed by atoms with Crippen molar-refractivity contribution in [2.75, 3.05) is 12.9 Å². The van der Waals surface area contributed by atoms with Crippen LogP contribution >= 0.6 is 11.8 Å². The molecule has 0 spiro atoms. The van der Waals surface area contributed by atoms with Crippen molar-refractivity contribution in [3.05, 3.63) is 35.6 Å². The molecule has 2 aromatic rings. The number of carbonyl (C=O) groups is 2. The zero-order valence-corrected chi connectivity index (χ0v) is 11.7. The molecule has 20 heavy (non-hydrogen) atoms. The maximum Gasteiger partial charge on any atom is 0.315 e. The molecule has 0 saturated carbocycles. The number of hydrogen-bond acceptors (Lipinski definition) is 6. The van der Waals surface area contributed by atoms with Crippen LogP contribution in [0.5, 0.6) is 0 Å². The summed E-state index contributed by atoms with van der Waals surface area (Å²) in [6, 6.07) is 7.20. The number of ether oxygens (including phenoxy) is 1. The molecule has 6 nitrogen and oxygen atoms in total. The summed E-state index contributed by atoms with van der Waals surface area (Å²) in [5.41, 5.74) is 3.12. The van der Waals surface area contributed by atoms with Crippen LogP contribution in [0.3, 0.4) is 0 Å². The maximum absolute atomic E-state index is 11.9. The van der Waals surface area contributed by atoms with Gasteiger partial charge in [-0.05, 0) is 6.07 Å². The lowest BCUT2D eigenvalue weighted by molar-refractivity contribution is -0.137. The maximum atomic E-state index is 11.9. The molecular weight excluding hydrogens is 280 g/mol. The van der Waals surface area contributed by atoms with Crippen LogP contribution in [0.4, 0.5) is 0 Å². The summed E-state index contributed by atoms with van der Waals surface area (Å²) in [6.07, 6.45) is 0. The van der Waals surface area contributed by atoms with Crippen LogP contribution in [0, 0.1) is 0 Å². The molecule has 0 aliphatic rings. The largest absolute Gasteiger partial charge is 0.468 e. The Labute approximate surface area is 119 Å². The minimum absolute atomic E-state index is 0.192. The molecular formula is C13H14N2O4S. The summed E-state index contributed by atoms with van der Waals surface area (Å²) in [4.78, 5) is 22.9. The number of hydrogen-bond donors (Lipinski definition) is 2. The van der Waals surface area contributed by atoms with Gasteiger partial charge in [-0.25, -0.2) is 5.84 Å². The highest BCUT2D eigenvalue weighted by Gasteiger charge is 2.20. The first-order chi connectivity index (χ1) is 9.67. The summed E-state index contributed by atoms with van der Waals surface area (Å²) < 4.78 is 10.2. The topological polar surface area (TPSA) is 94.6 Å². The van der Waals surface area contributed by atoms with Crippen LogP contribution in [0.25, 0.3) is 11.0 Å². The van der Waals surface area contributed by atoms with E-state index in [1.165, 1.54) is 18.9 Å². The number of methoxy groups -OCH3 is 1. The van der Waals surface area contributed by atoms with E-state index in [0.29, 0.717) is 28.0 Å². The zero-order valence-electron chi connectivity index (χ0n) is 10.8. The van der Waals surface area contributed by atoms with E-state index in [0.717, 1.165) is 0 Å². The van der Waals surface area contributed by atoms with Gasteiger partial charge in [-0.3, -0.25) is 15.0 Å². The lowest BCUT2D eigenvalue weighted by atomic mass is 10.1. The SMILES string of the molecule is COC(=O)CSCc1oc2ccccc2c1C(=O)NN. The van der Waals surface area contributed by atoms with Crippen LogP contribution in [0.2, 0.25) is 0 Å². The highest BCUT2D eigenvalue weighted by Crippen LogP contribution is 2.28. The molecule has 0 atom stereocenters. The van der Waals surface area contributed by atoms with Gasteiger partial charge in [0.15, 0.2) is 0 Å². The third-order valence-corrected chi connectivity index (χ3v) is 3.61. The number of hydrazine groups is 1. The number of nitrogens with one attached hydrogen (secondary N) is 1. The lowest BCUT2D eigenvalue weighted by Crippen LogP contribution is -2.30. The Balaban J connectivity index is 2.27. The molecule has 7 heteroatoms. The van der Waals surface area contributed by atoms with Crippen molar-refractivity contribution in [1.29, 1.82) is 0 Å². The van der Waals surface area contributed by atoms with Crippen LogP contribution in [-0.2, 0) is 15.3 Å². The number of rotatable bonds is 5.